The van der Waals surface area contributed by atoms with Gasteiger partial charge < -0.3 is 30.6 Å². The quantitative estimate of drug-likeness (QED) is 0.165. The Morgan fingerprint density at radius 3 is 2.72 bits per heavy atom. The number of anilines is 1. The van der Waals surface area contributed by atoms with Crippen LogP contribution in [-0.2, 0) is 22.6 Å². The summed E-state index contributed by atoms with van der Waals surface area (Å²) in [7, 11) is 0. The molecule has 1 saturated heterocycles. The first kappa shape index (κ1) is 26.3. The molecule has 12 nitrogen and oxygen atoms in total. The van der Waals surface area contributed by atoms with E-state index in [2.05, 4.69) is 26.0 Å². The summed E-state index contributed by atoms with van der Waals surface area (Å²) in [5, 5.41) is 35.1. The molecule has 194 valence electrons. The number of aliphatic hydroxyl groups excluding tert-OH is 2. The number of quaternary nitrogens is 1. The standard InChI is InChI=1S/C23H31N7O5S/c1-36-8-7-15(24)23(33)30(34)11-17-20(32)19(31)16(35-17)10-29-13-28-18-21(26-12-27-22(18)29)25-9-14-5-3-2-4-6-14/h2-6,12-13,15-17,19-20,31-32,34H,7-11,24H2,1H3,(H,25,26,27)/p+1/t15-,16-,17+,19-,20+/m0/s1. The van der Waals surface area contributed by atoms with E-state index in [0.717, 1.165) is 11.3 Å². The largest absolute Gasteiger partial charge is 0.388 e. The first-order valence-corrected chi connectivity index (χ1v) is 13.1. The predicted octanol–water partition coefficient (Wildman–Crippen LogP) is -0.491. The monoisotopic (exact) mass is 518 g/mol. The molecule has 0 bridgehead atoms. The zero-order valence-corrected chi connectivity index (χ0v) is 20.8. The van der Waals surface area contributed by atoms with Gasteiger partial charge in [0.1, 0.15) is 36.3 Å². The average Bonchev–Trinajstić information content (AvgIpc) is 3.42. The number of benzene rings is 1. The van der Waals surface area contributed by atoms with Gasteiger partial charge in [-0.1, -0.05) is 30.3 Å². The van der Waals surface area contributed by atoms with Crippen LogP contribution in [0.1, 0.15) is 12.0 Å². The van der Waals surface area contributed by atoms with Crippen LogP contribution in [0.4, 0.5) is 5.82 Å². The van der Waals surface area contributed by atoms with Crippen LogP contribution >= 0.6 is 11.8 Å². The van der Waals surface area contributed by atoms with Crippen molar-refractivity contribution < 1.29 is 30.7 Å². The Balaban J connectivity index is 1.40. The van der Waals surface area contributed by atoms with Crippen molar-refractivity contribution in [2.45, 2.75) is 50.0 Å². The minimum absolute atomic E-state index is 0.158. The third-order valence-electron chi connectivity index (χ3n) is 6.17. The molecule has 0 aliphatic carbocycles. The second-order valence-corrected chi connectivity index (χ2v) is 9.71. The molecule has 0 saturated carbocycles. The number of aromatic nitrogens is 4. The molecule has 0 spiro atoms. The van der Waals surface area contributed by atoms with Gasteiger partial charge in [-0.2, -0.15) is 11.8 Å². The Bertz CT molecular complexity index is 1150. The number of rotatable bonds is 11. The molecular formula is C23H32N7O5S+. The molecule has 1 aliphatic heterocycles. The van der Waals surface area contributed by atoms with Crippen LogP contribution in [0.15, 0.2) is 43.0 Å². The molecule has 2 aromatic heterocycles. The number of imidazole rings is 1. The van der Waals surface area contributed by atoms with E-state index in [1.165, 1.54) is 6.33 Å². The van der Waals surface area contributed by atoms with E-state index in [1.807, 2.05) is 36.6 Å². The lowest BCUT2D eigenvalue weighted by Crippen LogP contribution is -2.68. The van der Waals surface area contributed by atoms with Gasteiger partial charge in [-0.3, -0.25) is 10.0 Å². The molecule has 3 aromatic rings. The summed E-state index contributed by atoms with van der Waals surface area (Å²) in [6.45, 7) is 0.449. The summed E-state index contributed by atoms with van der Waals surface area (Å²) >= 11 is 1.59. The number of hydroxylamine groups is 2. The Labute approximate surface area is 212 Å². The van der Waals surface area contributed by atoms with Crippen molar-refractivity contribution in [3.8, 4) is 0 Å². The van der Waals surface area contributed by atoms with E-state index in [4.69, 9.17) is 4.74 Å². The van der Waals surface area contributed by atoms with Crippen molar-refractivity contribution >= 4 is 34.7 Å². The van der Waals surface area contributed by atoms with Gasteiger partial charge in [0.05, 0.1) is 19.4 Å². The van der Waals surface area contributed by atoms with Crippen molar-refractivity contribution in [1.29, 1.82) is 0 Å². The highest BCUT2D eigenvalue weighted by Gasteiger charge is 2.44. The van der Waals surface area contributed by atoms with Crippen molar-refractivity contribution in [1.82, 2.24) is 24.6 Å². The van der Waals surface area contributed by atoms with Crippen LogP contribution in [-0.4, -0.2) is 94.9 Å². The number of nitrogens with one attached hydrogen (secondary N) is 1. The molecule has 36 heavy (non-hydrogen) atoms. The second kappa shape index (κ2) is 12.0. The van der Waals surface area contributed by atoms with E-state index in [9.17, 15) is 20.2 Å². The molecule has 13 heteroatoms. The number of aliphatic hydroxyl groups is 2. The van der Waals surface area contributed by atoms with Gasteiger partial charge >= 0.3 is 5.91 Å². The van der Waals surface area contributed by atoms with E-state index < -0.39 is 36.4 Å². The number of hydrogen-bond donors (Lipinski definition) is 5. The fourth-order valence-electron chi connectivity index (χ4n) is 4.10. The second-order valence-electron chi connectivity index (χ2n) is 8.72. The maximum Gasteiger partial charge on any atom is 0.304 e. The number of fused-ring (bicyclic) bond motifs is 1. The van der Waals surface area contributed by atoms with Crippen LogP contribution < -0.4 is 11.1 Å². The molecule has 0 radical (unpaired) electrons. The van der Waals surface area contributed by atoms with Gasteiger partial charge in [-0.15, -0.1) is 0 Å². The van der Waals surface area contributed by atoms with Crippen molar-refractivity contribution in [3.63, 3.8) is 0 Å². The first-order valence-electron chi connectivity index (χ1n) is 11.7. The maximum atomic E-state index is 12.4. The third kappa shape index (κ3) is 5.94. The molecule has 0 unspecified atom stereocenters. The molecule has 3 heterocycles. The number of amides is 1. The third-order valence-corrected chi connectivity index (χ3v) is 6.81. The van der Waals surface area contributed by atoms with Gasteiger partial charge in [-0.25, -0.2) is 20.0 Å². The molecular weight excluding hydrogens is 486 g/mol. The molecule has 1 aliphatic rings. The lowest BCUT2D eigenvalue weighted by atomic mass is 10.1. The van der Waals surface area contributed by atoms with Gasteiger partial charge in [0.15, 0.2) is 17.5 Å². The van der Waals surface area contributed by atoms with Crippen molar-refractivity contribution in [2.24, 2.45) is 0 Å². The van der Waals surface area contributed by atoms with Crippen LogP contribution in [0.3, 0.4) is 0 Å². The highest BCUT2D eigenvalue weighted by Crippen LogP contribution is 2.25. The van der Waals surface area contributed by atoms with Crippen LogP contribution in [0.5, 0.6) is 0 Å². The van der Waals surface area contributed by atoms with Gasteiger partial charge in [0.2, 0.25) is 0 Å². The smallest absolute Gasteiger partial charge is 0.304 e. The molecule has 5 atom stereocenters. The van der Waals surface area contributed by atoms with Crippen LogP contribution in [0.25, 0.3) is 11.2 Å². The summed E-state index contributed by atoms with van der Waals surface area (Å²) < 4.78 is 7.55. The SMILES string of the molecule is CSCC[C@H]([NH3+])C(=O)N(O)C[C@H]1O[C@@H](Cn2cnc3c(NCc4ccccc4)ncnc32)[C@H](O)[C@@H]1O. The Morgan fingerprint density at radius 2 is 1.97 bits per heavy atom. The summed E-state index contributed by atoms with van der Waals surface area (Å²) in [6, 6.07) is 9.29. The lowest BCUT2D eigenvalue weighted by Gasteiger charge is -2.22. The maximum absolute atomic E-state index is 12.4. The molecule has 1 fully saturated rings. The normalized spacial score (nSPS) is 22.6. The number of carbonyl (C=O) groups is 1. The fraction of sp³-hybridized carbons (Fsp3) is 0.478. The number of carbonyl (C=O) groups excluding carboxylic acids is 1. The first-order chi connectivity index (χ1) is 17.4. The average molecular weight is 519 g/mol. The minimum atomic E-state index is -1.28. The fourth-order valence-corrected chi connectivity index (χ4v) is 4.62. The Hall–Kier alpha value is -2.81. The zero-order chi connectivity index (χ0) is 25.7. The number of thioether (sulfide) groups is 1. The number of hydrogen-bond acceptors (Lipinski definition) is 10. The van der Waals surface area contributed by atoms with E-state index >= 15 is 0 Å². The van der Waals surface area contributed by atoms with E-state index in [-0.39, 0.29) is 13.1 Å². The lowest BCUT2D eigenvalue weighted by molar-refractivity contribution is -0.409. The predicted molar refractivity (Wildman–Crippen MR) is 133 cm³/mol. The summed E-state index contributed by atoms with van der Waals surface area (Å²) in [4.78, 5) is 25.4. The molecule has 4 rings (SSSR count). The van der Waals surface area contributed by atoms with Crippen molar-refractivity contribution in [3.05, 3.63) is 48.5 Å². The summed E-state index contributed by atoms with van der Waals surface area (Å²) in [5.41, 5.74) is 6.00. The summed E-state index contributed by atoms with van der Waals surface area (Å²) in [6.07, 6.45) is 1.19. The van der Waals surface area contributed by atoms with Crippen LogP contribution in [0, 0.1) is 0 Å². The highest BCUT2D eigenvalue weighted by molar-refractivity contribution is 7.98. The van der Waals surface area contributed by atoms with E-state index in [0.29, 0.717) is 35.0 Å². The highest BCUT2D eigenvalue weighted by atomic mass is 32.2. The number of nitrogens with zero attached hydrogens (tertiary/aromatic N) is 5. The minimum Gasteiger partial charge on any atom is -0.388 e. The zero-order valence-electron chi connectivity index (χ0n) is 20.0. The summed E-state index contributed by atoms with van der Waals surface area (Å²) in [5.74, 6) is 0.765. The molecule has 1 amide bonds. The van der Waals surface area contributed by atoms with Crippen LogP contribution in [0.2, 0.25) is 0 Å². The van der Waals surface area contributed by atoms with Gasteiger partial charge in [-0.05, 0) is 17.6 Å². The van der Waals surface area contributed by atoms with Crippen molar-refractivity contribution in [2.75, 3.05) is 23.9 Å². The topological polar surface area (TPSA) is 174 Å². The van der Waals surface area contributed by atoms with Gasteiger partial charge in [0, 0.05) is 13.0 Å². The molecule has 1 aromatic carbocycles. The Morgan fingerprint density at radius 1 is 1.22 bits per heavy atom. The number of ether oxygens (including phenoxy) is 1. The van der Waals surface area contributed by atoms with Gasteiger partial charge in [0.25, 0.3) is 0 Å². The van der Waals surface area contributed by atoms with E-state index in [1.54, 1.807) is 22.7 Å². The Kier molecular flexibility index (Phi) is 8.72. The molecule has 7 N–H and O–H groups in total.